The molecule has 0 atom stereocenters. The van der Waals surface area contributed by atoms with Crippen LogP contribution >= 0.6 is 23.2 Å². The van der Waals surface area contributed by atoms with Crippen LogP contribution in [0.1, 0.15) is 31.1 Å². The lowest BCUT2D eigenvalue weighted by Crippen LogP contribution is -2.22. The molecule has 5 heteroatoms. The van der Waals surface area contributed by atoms with Gasteiger partial charge in [-0.25, -0.2) is 0 Å². The van der Waals surface area contributed by atoms with Gasteiger partial charge in [0.15, 0.2) is 5.78 Å². The van der Waals surface area contributed by atoms with Crippen molar-refractivity contribution < 1.29 is 14.3 Å². The molecule has 0 aliphatic heterocycles. The smallest absolute Gasteiger partial charge is 0.190 e. The van der Waals surface area contributed by atoms with E-state index in [2.05, 4.69) is 0 Å². The van der Waals surface area contributed by atoms with Gasteiger partial charge in [0.1, 0.15) is 6.61 Å². The fraction of sp³-hybridized carbons (Fsp3) is 0.500. The van der Waals surface area contributed by atoms with Crippen molar-refractivity contribution in [1.82, 2.24) is 0 Å². The maximum absolute atomic E-state index is 11.9. The molecule has 19 heavy (non-hydrogen) atoms. The highest BCUT2D eigenvalue weighted by Crippen LogP contribution is 2.21. The molecule has 0 heterocycles. The molecule has 1 aromatic rings. The number of Topliss-reactive ketones (excluding diaryl/α,β-unsaturated/α-hetero) is 1. The van der Waals surface area contributed by atoms with Crippen molar-refractivity contribution in [3.8, 4) is 0 Å². The van der Waals surface area contributed by atoms with Crippen LogP contribution in [0, 0.1) is 0 Å². The summed E-state index contributed by atoms with van der Waals surface area (Å²) < 4.78 is 10.7. The first-order valence-electron chi connectivity index (χ1n) is 5.99. The standard InChI is InChI=1S/C14H18Cl2O3/c1-14(2,3)19-7-6-18-9-13(17)11-8-10(15)4-5-12(11)16/h4-5,8H,6-7,9H2,1-3H3. The molecule has 0 aromatic heterocycles. The number of benzene rings is 1. The van der Waals surface area contributed by atoms with Gasteiger partial charge in [-0.05, 0) is 39.0 Å². The summed E-state index contributed by atoms with van der Waals surface area (Å²) >= 11 is 11.8. The van der Waals surface area contributed by atoms with E-state index < -0.39 is 0 Å². The number of rotatable bonds is 6. The van der Waals surface area contributed by atoms with E-state index in [0.29, 0.717) is 28.8 Å². The molecule has 1 rings (SSSR count). The lowest BCUT2D eigenvalue weighted by Gasteiger charge is -2.19. The Bertz CT molecular complexity index is 439. The van der Waals surface area contributed by atoms with Crippen molar-refractivity contribution in [2.45, 2.75) is 26.4 Å². The predicted octanol–water partition coefficient (Wildman–Crippen LogP) is 4.01. The van der Waals surface area contributed by atoms with Gasteiger partial charge in [0.25, 0.3) is 0 Å². The molecule has 0 N–H and O–H groups in total. The molecule has 1 aromatic carbocycles. The topological polar surface area (TPSA) is 35.5 Å². The van der Waals surface area contributed by atoms with E-state index >= 15 is 0 Å². The van der Waals surface area contributed by atoms with Gasteiger partial charge in [-0.1, -0.05) is 23.2 Å². The molecular formula is C14H18Cl2O3. The lowest BCUT2D eigenvalue weighted by atomic mass is 10.1. The number of carbonyl (C=O) groups is 1. The van der Waals surface area contributed by atoms with E-state index in [1.807, 2.05) is 20.8 Å². The fourth-order valence-corrected chi connectivity index (χ4v) is 1.76. The van der Waals surface area contributed by atoms with Crippen molar-refractivity contribution in [2.24, 2.45) is 0 Å². The minimum Gasteiger partial charge on any atom is -0.373 e. The number of carbonyl (C=O) groups excluding carboxylic acids is 1. The van der Waals surface area contributed by atoms with Gasteiger partial charge in [0.05, 0.1) is 23.8 Å². The Morgan fingerprint density at radius 1 is 1.21 bits per heavy atom. The highest BCUT2D eigenvalue weighted by molar-refractivity contribution is 6.35. The first kappa shape index (κ1) is 16.4. The van der Waals surface area contributed by atoms with Gasteiger partial charge < -0.3 is 9.47 Å². The summed E-state index contributed by atoms with van der Waals surface area (Å²) in [6.07, 6.45) is 0. The maximum Gasteiger partial charge on any atom is 0.190 e. The summed E-state index contributed by atoms with van der Waals surface area (Å²) in [4.78, 5) is 11.9. The quantitative estimate of drug-likeness (QED) is 0.588. The first-order chi connectivity index (χ1) is 8.79. The molecule has 0 aliphatic carbocycles. The number of hydrogen-bond donors (Lipinski definition) is 0. The first-order valence-corrected chi connectivity index (χ1v) is 6.75. The molecule has 0 fully saturated rings. The van der Waals surface area contributed by atoms with Gasteiger partial charge in [-0.3, -0.25) is 4.79 Å². The van der Waals surface area contributed by atoms with Crippen molar-refractivity contribution >= 4 is 29.0 Å². The van der Waals surface area contributed by atoms with Crippen LogP contribution in [-0.4, -0.2) is 31.2 Å². The SMILES string of the molecule is CC(C)(C)OCCOCC(=O)c1cc(Cl)ccc1Cl. The third-order valence-electron chi connectivity index (χ3n) is 2.22. The van der Waals surface area contributed by atoms with Gasteiger partial charge in [-0.2, -0.15) is 0 Å². The normalized spacial score (nSPS) is 11.6. The van der Waals surface area contributed by atoms with Crippen LogP contribution in [0.3, 0.4) is 0 Å². The number of hydrogen-bond acceptors (Lipinski definition) is 3. The van der Waals surface area contributed by atoms with Crippen molar-refractivity contribution in [1.29, 1.82) is 0 Å². The van der Waals surface area contributed by atoms with Gasteiger partial charge in [0.2, 0.25) is 0 Å². The highest BCUT2D eigenvalue weighted by Gasteiger charge is 2.12. The molecule has 0 saturated heterocycles. The van der Waals surface area contributed by atoms with E-state index in [1.54, 1.807) is 18.2 Å². The molecule has 0 aliphatic rings. The molecule has 0 spiro atoms. The van der Waals surface area contributed by atoms with Crippen molar-refractivity contribution in [3.63, 3.8) is 0 Å². The van der Waals surface area contributed by atoms with Crippen molar-refractivity contribution in [2.75, 3.05) is 19.8 Å². The lowest BCUT2D eigenvalue weighted by molar-refractivity contribution is -0.0324. The zero-order valence-corrected chi connectivity index (χ0v) is 12.8. The summed E-state index contributed by atoms with van der Waals surface area (Å²) in [5.41, 5.74) is 0.176. The van der Waals surface area contributed by atoms with Crippen LogP contribution in [0.25, 0.3) is 0 Å². The van der Waals surface area contributed by atoms with Crippen LogP contribution < -0.4 is 0 Å². The largest absolute Gasteiger partial charge is 0.373 e. The van der Waals surface area contributed by atoms with Crippen molar-refractivity contribution in [3.05, 3.63) is 33.8 Å². The third-order valence-corrected chi connectivity index (χ3v) is 2.79. The Labute approximate surface area is 123 Å². The van der Waals surface area contributed by atoms with Crippen LogP contribution in [0.5, 0.6) is 0 Å². The van der Waals surface area contributed by atoms with E-state index in [4.69, 9.17) is 32.7 Å². The Morgan fingerprint density at radius 3 is 2.53 bits per heavy atom. The molecular weight excluding hydrogens is 287 g/mol. The molecule has 0 saturated carbocycles. The average molecular weight is 305 g/mol. The van der Waals surface area contributed by atoms with Crippen LogP contribution in [0.2, 0.25) is 10.0 Å². The predicted molar refractivity (Wildman–Crippen MR) is 77.3 cm³/mol. The molecule has 106 valence electrons. The van der Waals surface area contributed by atoms with Gasteiger partial charge >= 0.3 is 0 Å². The number of ketones is 1. The van der Waals surface area contributed by atoms with E-state index in [9.17, 15) is 4.79 Å². The minimum absolute atomic E-state index is 0.0342. The summed E-state index contributed by atoms with van der Waals surface area (Å²) in [5, 5.41) is 0.854. The monoisotopic (exact) mass is 304 g/mol. The molecule has 0 amide bonds. The van der Waals surface area contributed by atoms with Crippen LogP contribution in [-0.2, 0) is 9.47 Å². The molecule has 0 bridgehead atoms. The molecule has 0 radical (unpaired) electrons. The maximum atomic E-state index is 11.9. The second kappa shape index (κ2) is 7.25. The molecule has 3 nitrogen and oxygen atoms in total. The average Bonchev–Trinajstić information content (AvgIpc) is 2.30. The Balaban J connectivity index is 2.38. The fourth-order valence-electron chi connectivity index (χ4n) is 1.36. The zero-order chi connectivity index (χ0) is 14.5. The summed E-state index contributed by atoms with van der Waals surface area (Å²) in [5.74, 6) is -0.191. The Hall–Kier alpha value is -0.610. The van der Waals surface area contributed by atoms with Crippen LogP contribution in [0.15, 0.2) is 18.2 Å². The number of halogens is 2. The minimum atomic E-state index is -0.205. The second-order valence-corrected chi connectivity index (χ2v) is 5.90. The van der Waals surface area contributed by atoms with Gasteiger partial charge in [0, 0.05) is 10.6 Å². The summed E-state index contributed by atoms with van der Waals surface area (Å²) in [6, 6.07) is 4.78. The Kier molecular flexibility index (Phi) is 6.27. The Morgan fingerprint density at radius 2 is 1.89 bits per heavy atom. The second-order valence-electron chi connectivity index (χ2n) is 5.06. The van der Waals surface area contributed by atoms with Gasteiger partial charge in [-0.15, -0.1) is 0 Å². The zero-order valence-electron chi connectivity index (χ0n) is 11.3. The summed E-state index contributed by atoms with van der Waals surface area (Å²) in [6.45, 7) is 6.66. The molecule has 0 unspecified atom stereocenters. The third kappa shape index (κ3) is 6.39. The summed E-state index contributed by atoms with van der Waals surface area (Å²) in [7, 11) is 0. The van der Waals surface area contributed by atoms with Crippen LogP contribution in [0.4, 0.5) is 0 Å². The highest BCUT2D eigenvalue weighted by atomic mass is 35.5. The van der Waals surface area contributed by atoms with E-state index in [0.717, 1.165) is 0 Å². The number of ether oxygens (including phenoxy) is 2. The van der Waals surface area contributed by atoms with E-state index in [-0.39, 0.29) is 18.0 Å². The van der Waals surface area contributed by atoms with E-state index in [1.165, 1.54) is 0 Å².